The second-order valence-corrected chi connectivity index (χ2v) is 4.24. The lowest BCUT2D eigenvalue weighted by Gasteiger charge is -2.16. The van der Waals surface area contributed by atoms with Crippen molar-refractivity contribution in [3.8, 4) is 0 Å². The quantitative estimate of drug-likeness (QED) is 0.593. The molecule has 0 fully saturated rings. The van der Waals surface area contributed by atoms with E-state index in [0.29, 0.717) is 5.11 Å². The van der Waals surface area contributed by atoms with Crippen molar-refractivity contribution in [1.29, 1.82) is 0 Å². The monoisotopic (exact) mass is 223 g/mol. The number of rotatable bonds is 2. The first-order chi connectivity index (χ1) is 6.97. The number of hydrogen-bond donors (Lipinski definition) is 2. The van der Waals surface area contributed by atoms with Crippen LogP contribution in [0.1, 0.15) is 11.1 Å². The first-order valence-corrected chi connectivity index (χ1v) is 5.21. The summed E-state index contributed by atoms with van der Waals surface area (Å²) in [6.45, 7) is 4.14. The van der Waals surface area contributed by atoms with Crippen LogP contribution in [0.15, 0.2) is 18.2 Å². The maximum atomic E-state index is 5.13. The van der Waals surface area contributed by atoms with E-state index in [1.54, 1.807) is 5.01 Å². The minimum atomic E-state index is 0.602. The summed E-state index contributed by atoms with van der Waals surface area (Å²) in [5, 5.41) is 5.54. The van der Waals surface area contributed by atoms with Gasteiger partial charge < -0.3 is 5.32 Å². The van der Waals surface area contributed by atoms with Crippen LogP contribution in [-0.4, -0.2) is 24.2 Å². The van der Waals surface area contributed by atoms with Gasteiger partial charge in [0.25, 0.3) is 0 Å². The first-order valence-electron chi connectivity index (χ1n) is 4.80. The van der Waals surface area contributed by atoms with E-state index in [2.05, 4.69) is 42.8 Å². The Bertz CT molecular complexity index is 341. The van der Waals surface area contributed by atoms with Crippen LogP contribution in [0.5, 0.6) is 0 Å². The predicted molar refractivity (Wildman–Crippen MR) is 69.0 cm³/mol. The van der Waals surface area contributed by atoms with E-state index >= 15 is 0 Å². The van der Waals surface area contributed by atoms with Gasteiger partial charge in [0.15, 0.2) is 5.11 Å². The second kappa shape index (κ2) is 5.09. The maximum absolute atomic E-state index is 5.13. The third-order valence-electron chi connectivity index (χ3n) is 1.80. The summed E-state index contributed by atoms with van der Waals surface area (Å²) in [7, 11) is 3.80. The molecule has 0 atom stereocenters. The number of benzene rings is 1. The molecule has 0 saturated heterocycles. The van der Waals surface area contributed by atoms with Crippen molar-refractivity contribution in [1.82, 2.24) is 10.4 Å². The summed E-state index contributed by atoms with van der Waals surface area (Å²) in [5.41, 5.74) is 6.46. The van der Waals surface area contributed by atoms with Crippen molar-refractivity contribution in [2.75, 3.05) is 19.4 Å². The largest absolute Gasteiger partial charge is 0.332 e. The number of anilines is 1. The van der Waals surface area contributed by atoms with Crippen LogP contribution in [0.2, 0.25) is 0 Å². The van der Waals surface area contributed by atoms with E-state index in [4.69, 9.17) is 12.2 Å². The molecule has 0 aliphatic carbocycles. The molecule has 1 aromatic rings. The molecule has 4 heteroatoms. The molecule has 0 amide bonds. The molecule has 0 bridgehead atoms. The minimum Gasteiger partial charge on any atom is -0.332 e. The molecule has 1 rings (SSSR count). The van der Waals surface area contributed by atoms with Gasteiger partial charge in [0.1, 0.15) is 0 Å². The van der Waals surface area contributed by atoms with Gasteiger partial charge in [-0.25, -0.2) is 5.01 Å². The van der Waals surface area contributed by atoms with Gasteiger partial charge in [0.05, 0.1) is 0 Å². The van der Waals surface area contributed by atoms with Crippen LogP contribution in [0.4, 0.5) is 5.69 Å². The molecule has 2 N–H and O–H groups in total. The van der Waals surface area contributed by atoms with E-state index in [1.807, 2.05) is 14.1 Å². The molecule has 3 nitrogen and oxygen atoms in total. The van der Waals surface area contributed by atoms with E-state index < -0.39 is 0 Å². The molecule has 0 aliphatic heterocycles. The van der Waals surface area contributed by atoms with Crippen LogP contribution < -0.4 is 10.7 Å². The van der Waals surface area contributed by atoms with E-state index in [0.717, 1.165) is 5.69 Å². The third-order valence-corrected chi connectivity index (χ3v) is 2.00. The normalized spacial score (nSPS) is 10.2. The molecule has 0 saturated carbocycles. The number of aryl methyl sites for hydroxylation is 2. The molecule has 15 heavy (non-hydrogen) atoms. The zero-order valence-electron chi connectivity index (χ0n) is 9.59. The van der Waals surface area contributed by atoms with E-state index in [-0.39, 0.29) is 0 Å². The molecule has 0 unspecified atom stereocenters. The average Bonchev–Trinajstić information content (AvgIpc) is 1.98. The van der Waals surface area contributed by atoms with Gasteiger partial charge in [-0.15, -0.1) is 0 Å². The van der Waals surface area contributed by atoms with Gasteiger partial charge in [-0.05, 0) is 49.3 Å². The summed E-state index contributed by atoms with van der Waals surface area (Å²) in [6, 6.07) is 6.26. The lowest BCUT2D eigenvalue weighted by atomic mass is 10.1. The van der Waals surface area contributed by atoms with Crippen LogP contribution in [0.3, 0.4) is 0 Å². The highest BCUT2D eigenvalue weighted by atomic mass is 32.1. The highest BCUT2D eigenvalue weighted by Gasteiger charge is 1.99. The number of thiocarbonyl (C=S) groups is 1. The Balaban J connectivity index is 2.68. The van der Waals surface area contributed by atoms with Crippen LogP contribution in [0.25, 0.3) is 0 Å². The molecular formula is C11H17N3S. The van der Waals surface area contributed by atoms with Crippen LogP contribution in [0, 0.1) is 13.8 Å². The zero-order chi connectivity index (χ0) is 11.4. The highest BCUT2D eigenvalue weighted by molar-refractivity contribution is 7.80. The average molecular weight is 223 g/mol. The van der Waals surface area contributed by atoms with Crippen molar-refractivity contribution < 1.29 is 0 Å². The van der Waals surface area contributed by atoms with Crippen molar-refractivity contribution in [3.05, 3.63) is 29.3 Å². The Morgan fingerprint density at radius 3 is 2.13 bits per heavy atom. The number of hydrogen-bond acceptors (Lipinski definition) is 2. The maximum Gasteiger partial charge on any atom is 0.185 e. The summed E-state index contributed by atoms with van der Waals surface area (Å²) >= 11 is 5.13. The molecule has 82 valence electrons. The Morgan fingerprint density at radius 2 is 1.67 bits per heavy atom. The molecule has 0 spiro atoms. The van der Waals surface area contributed by atoms with E-state index in [9.17, 15) is 0 Å². The fourth-order valence-corrected chi connectivity index (χ4v) is 1.71. The second-order valence-electron chi connectivity index (χ2n) is 3.84. The number of nitrogens with zero attached hydrogens (tertiary/aromatic N) is 1. The van der Waals surface area contributed by atoms with Crippen molar-refractivity contribution >= 4 is 23.0 Å². The lowest BCUT2D eigenvalue weighted by molar-refractivity contribution is 0.365. The topological polar surface area (TPSA) is 27.3 Å². The van der Waals surface area contributed by atoms with Crippen molar-refractivity contribution in [2.24, 2.45) is 0 Å². The Morgan fingerprint density at radius 1 is 1.13 bits per heavy atom. The molecule has 0 radical (unpaired) electrons. The predicted octanol–water partition coefficient (Wildman–Crippen LogP) is 2.07. The standard InChI is InChI=1S/C11H17N3S/c1-8-5-9(2)7-10(6-8)12-11(15)13-14(3)4/h5-7H,1-4H3,(H2,12,13,15). The fourth-order valence-electron chi connectivity index (χ4n) is 1.41. The van der Waals surface area contributed by atoms with Gasteiger partial charge in [0, 0.05) is 19.8 Å². The number of nitrogens with one attached hydrogen (secondary N) is 2. The van der Waals surface area contributed by atoms with Crippen LogP contribution in [-0.2, 0) is 0 Å². The zero-order valence-corrected chi connectivity index (χ0v) is 10.4. The van der Waals surface area contributed by atoms with Gasteiger partial charge >= 0.3 is 0 Å². The SMILES string of the molecule is Cc1cc(C)cc(NC(=S)NN(C)C)c1. The molecule has 0 heterocycles. The fraction of sp³-hybridized carbons (Fsp3) is 0.364. The van der Waals surface area contributed by atoms with Crippen molar-refractivity contribution in [2.45, 2.75) is 13.8 Å². The number of hydrazine groups is 1. The Kier molecular flexibility index (Phi) is 4.05. The highest BCUT2D eigenvalue weighted by Crippen LogP contribution is 2.13. The molecule has 0 aromatic heterocycles. The van der Waals surface area contributed by atoms with Gasteiger partial charge in [-0.2, -0.15) is 0 Å². The Hall–Kier alpha value is -1.13. The van der Waals surface area contributed by atoms with Crippen molar-refractivity contribution in [3.63, 3.8) is 0 Å². The van der Waals surface area contributed by atoms with Gasteiger partial charge in [0.2, 0.25) is 0 Å². The van der Waals surface area contributed by atoms with Gasteiger partial charge in [-0.1, -0.05) is 6.07 Å². The third kappa shape index (κ3) is 4.27. The lowest BCUT2D eigenvalue weighted by Crippen LogP contribution is -2.39. The Labute approximate surface area is 96.4 Å². The molecular weight excluding hydrogens is 206 g/mol. The summed E-state index contributed by atoms with van der Waals surface area (Å²) in [4.78, 5) is 0. The van der Waals surface area contributed by atoms with E-state index in [1.165, 1.54) is 11.1 Å². The minimum absolute atomic E-state index is 0.602. The molecule has 0 aliphatic rings. The summed E-state index contributed by atoms with van der Waals surface area (Å²) < 4.78 is 0. The smallest absolute Gasteiger partial charge is 0.185 e. The summed E-state index contributed by atoms with van der Waals surface area (Å²) in [6.07, 6.45) is 0. The van der Waals surface area contributed by atoms with Crippen LogP contribution >= 0.6 is 12.2 Å². The first kappa shape index (κ1) is 11.9. The molecule has 1 aromatic carbocycles. The summed E-state index contributed by atoms with van der Waals surface area (Å²) in [5.74, 6) is 0. The van der Waals surface area contributed by atoms with Gasteiger partial charge in [-0.3, -0.25) is 5.43 Å².